The average molecular weight is 219 g/mol. The first-order valence-electron chi connectivity index (χ1n) is 5.21. The van der Waals surface area contributed by atoms with E-state index >= 15 is 0 Å². The van der Waals surface area contributed by atoms with E-state index in [1.165, 1.54) is 12.3 Å². The van der Waals surface area contributed by atoms with Gasteiger partial charge in [0.15, 0.2) is 0 Å². The summed E-state index contributed by atoms with van der Waals surface area (Å²) in [5, 5.41) is 13.3. The van der Waals surface area contributed by atoms with E-state index in [4.69, 9.17) is 5.41 Å². The molecule has 0 amide bonds. The van der Waals surface area contributed by atoms with Crippen molar-refractivity contribution in [3.63, 3.8) is 0 Å². The fourth-order valence-corrected chi connectivity index (χ4v) is 1.90. The minimum atomic E-state index is -0.193. The summed E-state index contributed by atoms with van der Waals surface area (Å²) in [5.41, 5.74) is 2.98. The van der Waals surface area contributed by atoms with E-state index in [2.05, 4.69) is 10.6 Å². The Kier molecular flexibility index (Phi) is 2.90. The molecule has 1 heterocycles. The van der Waals surface area contributed by atoms with Crippen molar-refractivity contribution < 1.29 is 4.39 Å². The third kappa shape index (κ3) is 1.78. The van der Waals surface area contributed by atoms with E-state index in [0.29, 0.717) is 5.57 Å². The minimum Gasteiger partial charge on any atom is -0.393 e. The smallest absolute Gasteiger partial charge is 0.129 e. The molecule has 0 radical (unpaired) electrons. The topological polar surface area (TPSA) is 47.9 Å². The molecule has 1 aromatic carbocycles. The third-order valence-corrected chi connectivity index (χ3v) is 2.67. The number of allylic oxidation sites excluding steroid dienone is 1. The monoisotopic (exact) mass is 219 g/mol. The van der Waals surface area contributed by atoms with Crippen LogP contribution in [0.2, 0.25) is 0 Å². The lowest BCUT2D eigenvalue weighted by atomic mass is 10.0. The van der Waals surface area contributed by atoms with Crippen LogP contribution in [0.4, 0.5) is 10.1 Å². The first kappa shape index (κ1) is 10.7. The molecule has 0 atom stereocenters. The van der Waals surface area contributed by atoms with Crippen molar-refractivity contribution in [2.75, 3.05) is 18.9 Å². The summed E-state index contributed by atoms with van der Waals surface area (Å²) in [5.74, 6) is -0.193. The van der Waals surface area contributed by atoms with Gasteiger partial charge in [0.2, 0.25) is 0 Å². The van der Waals surface area contributed by atoms with Crippen LogP contribution in [0.25, 0.3) is 5.57 Å². The molecule has 0 unspecified atom stereocenters. The zero-order valence-corrected chi connectivity index (χ0v) is 9.10. The lowest BCUT2D eigenvalue weighted by molar-refractivity contribution is 0.615. The Labute approximate surface area is 93.9 Å². The van der Waals surface area contributed by atoms with E-state index in [0.717, 1.165) is 29.8 Å². The molecule has 0 spiro atoms. The largest absolute Gasteiger partial charge is 0.393 e. The Balaban J connectivity index is 2.47. The van der Waals surface area contributed by atoms with Gasteiger partial charge in [-0.3, -0.25) is 0 Å². The van der Waals surface area contributed by atoms with Crippen molar-refractivity contribution in [1.82, 2.24) is 5.32 Å². The summed E-state index contributed by atoms with van der Waals surface area (Å²) in [6, 6.07) is 3.37. The molecule has 4 heteroatoms. The van der Waals surface area contributed by atoms with E-state index < -0.39 is 0 Å². The Morgan fingerprint density at radius 1 is 1.56 bits per heavy atom. The summed E-state index contributed by atoms with van der Waals surface area (Å²) < 4.78 is 13.7. The highest BCUT2D eigenvalue weighted by Gasteiger charge is 2.16. The Hall–Kier alpha value is -1.84. The summed E-state index contributed by atoms with van der Waals surface area (Å²) in [6.07, 6.45) is 3.63. The molecule has 16 heavy (non-hydrogen) atoms. The zero-order valence-electron chi connectivity index (χ0n) is 9.10. The Bertz CT molecular complexity index is 452. The normalized spacial score (nSPS) is 14.2. The molecule has 84 valence electrons. The maximum Gasteiger partial charge on any atom is 0.129 e. The van der Waals surface area contributed by atoms with Crippen molar-refractivity contribution in [1.29, 1.82) is 5.41 Å². The quantitative estimate of drug-likeness (QED) is 0.681. The lowest BCUT2D eigenvalue weighted by Gasteiger charge is -2.07. The van der Waals surface area contributed by atoms with Crippen molar-refractivity contribution in [3.05, 3.63) is 35.3 Å². The van der Waals surface area contributed by atoms with Crippen LogP contribution in [0.3, 0.4) is 0 Å². The second kappa shape index (κ2) is 4.35. The summed E-state index contributed by atoms with van der Waals surface area (Å²) in [7, 11) is 1.76. The summed E-state index contributed by atoms with van der Waals surface area (Å²) in [6.45, 7) is 0.783. The number of hydrogen-bond acceptors (Lipinski definition) is 3. The predicted octanol–water partition coefficient (Wildman–Crippen LogP) is 2.00. The van der Waals surface area contributed by atoms with Crippen molar-refractivity contribution in [3.8, 4) is 0 Å². The first-order chi connectivity index (χ1) is 7.76. The van der Waals surface area contributed by atoms with Gasteiger partial charge in [0, 0.05) is 42.8 Å². The number of nitrogens with one attached hydrogen (secondary N) is 3. The molecule has 1 aliphatic rings. The second-order valence-electron chi connectivity index (χ2n) is 3.69. The van der Waals surface area contributed by atoms with Crippen molar-refractivity contribution in [2.24, 2.45) is 0 Å². The molecular formula is C12H14FN3. The number of rotatable bonds is 3. The number of anilines is 1. The van der Waals surface area contributed by atoms with Crippen LogP contribution in [0.5, 0.6) is 0 Å². The molecule has 0 saturated carbocycles. The van der Waals surface area contributed by atoms with E-state index in [9.17, 15) is 4.39 Å². The van der Waals surface area contributed by atoms with Crippen LogP contribution in [-0.4, -0.2) is 19.8 Å². The van der Waals surface area contributed by atoms with E-state index in [1.807, 2.05) is 6.07 Å². The highest BCUT2D eigenvalue weighted by Crippen LogP contribution is 2.28. The fraction of sp³-hybridized carbons (Fsp3) is 0.250. The first-order valence-corrected chi connectivity index (χ1v) is 5.21. The average Bonchev–Trinajstić information content (AvgIpc) is 2.74. The minimum absolute atomic E-state index is 0.193. The number of halogens is 1. The molecule has 0 aliphatic carbocycles. The molecule has 2 rings (SSSR count). The molecule has 0 fully saturated rings. The maximum atomic E-state index is 13.7. The molecule has 0 bridgehead atoms. The van der Waals surface area contributed by atoms with Gasteiger partial charge in [-0.05, 0) is 24.1 Å². The van der Waals surface area contributed by atoms with Gasteiger partial charge >= 0.3 is 0 Å². The third-order valence-electron chi connectivity index (χ3n) is 2.67. The highest BCUT2D eigenvalue weighted by molar-refractivity contribution is 6.08. The lowest BCUT2D eigenvalue weighted by Crippen LogP contribution is -1.99. The summed E-state index contributed by atoms with van der Waals surface area (Å²) in [4.78, 5) is 0. The SMILES string of the molecule is CN/C=C(\C=N)c1cc(F)c2c(c1)NCC2. The van der Waals surface area contributed by atoms with Crippen LogP contribution in [0.15, 0.2) is 18.3 Å². The van der Waals surface area contributed by atoms with E-state index in [1.54, 1.807) is 13.2 Å². The number of fused-ring (bicyclic) bond motifs is 1. The van der Waals surface area contributed by atoms with Gasteiger partial charge < -0.3 is 16.0 Å². The van der Waals surface area contributed by atoms with E-state index in [-0.39, 0.29) is 5.82 Å². The van der Waals surface area contributed by atoms with Crippen molar-refractivity contribution >= 4 is 17.5 Å². The zero-order chi connectivity index (χ0) is 11.5. The van der Waals surface area contributed by atoms with Gasteiger partial charge in [-0.25, -0.2) is 4.39 Å². The maximum absolute atomic E-state index is 13.7. The molecule has 1 aromatic rings. The molecule has 0 aromatic heterocycles. The van der Waals surface area contributed by atoms with Crippen LogP contribution in [-0.2, 0) is 6.42 Å². The predicted molar refractivity (Wildman–Crippen MR) is 64.4 cm³/mol. The standard InChI is InChI=1S/C12H14FN3/c1-15-7-9(6-14)8-4-11(13)10-2-3-16-12(10)5-8/h4-7,14-16H,2-3H2,1H3/b9-7+,14-6?. The number of hydrogen-bond donors (Lipinski definition) is 3. The van der Waals surface area contributed by atoms with Crippen molar-refractivity contribution in [2.45, 2.75) is 6.42 Å². The Morgan fingerprint density at radius 3 is 3.06 bits per heavy atom. The van der Waals surface area contributed by atoms with Gasteiger partial charge in [-0.1, -0.05) is 0 Å². The van der Waals surface area contributed by atoms with Crippen LogP contribution >= 0.6 is 0 Å². The van der Waals surface area contributed by atoms with Gasteiger partial charge in [0.05, 0.1) is 0 Å². The molecule has 0 saturated heterocycles. The Morgan fingerprint density at radius 2 is 2.38 bits per heavy atom. The summed E-state index contributed by atoms with van der Waals surface area (Å²) >= 11 is 0. The highest BCUT2D eigenvalue weighted by atomic mass is 19.1. The van der Waals surface area contributed by atoms with Crippen LogP contribution in [0, 0.1) is 11.2 Å². The van der Waals surface area contributed by atoms with Gasteiger partial charge in [0.25, 0.3) is 0 Å². The molecule has 3 N–H and O–H groups in total. The van der Waals surface area contributed by atoms with Crippen LogP contribution < -0.4 is 10.6 Å². The van der Waals surface area contributed by atoms with Gasteiger partial charge in [-0.15, -0.1) is 0 Å². The van der Waals surface area contributed by atoms with Gasteiger partial charge in [0.1, 0.15) is 5.82 Å². The second-order valence-corrected chi connectivity index (χ2v) is 3.69. The molecule has 1 aliphatic heterocycles. The molecular weight excluding hydrogens is 205 g/mol. The number of benzene rings is 1. The van der Waals surface area contributed by atoms with Crippen LogP contribution in [0.1, 0.15) is 11.1 Å². The molecule has 3 nitrogen and oxygen atoms in total. The van der Waals surface area contributed by atoms with Gasteiger partial charge in [-0.2, -0.15) is 0 Å². The fourth-order valence-electron chi connectivity index (χ4n) is 1.90.